The van der Waals surface area contributed by atoms with Gasteiger partial charge in [0.25, 0.3) is 0 Å². The zero-order valence-corrected chi connectivity index (χ0v) is 10.7. The van der Waals surface area contributed by atoms with E-state index in [0.717, 1.165) is 24.8 Å². The molecule has 0 spiro atoms. The summed E-state index contributed by atoms with van der Waals surface area (Å²) in [5.74, 6) is -0.0677. The topological polar surface area (TPSA) is 40.5 Å². The van der Waals surface area contributed by atoms with Gasteiger partial charge in [0.1, 0.15) is 0 Å². The number of amides is 1. The lowest BCUT2D eigenvalue weighted by Crippen LogP contribution is -2.36. The molecule has 1 aromatic carbocycles. The first-order valence-electron chi connectivity index (χ1n) is 6.45. The second-order valence-electron chi connectivity index (χ2n) is 4.61. The van der Waals surface area contributed by atoms with Crippen LogP contribution in [0.3, 0.4) is 0 Å². The molecule has 0 bridgehead atoms. The fourth-order valence-electron chi connectivity index (χ4n) is 2.25. The molecule has 1 unspecified atom stereocenters. The summed E-state index contributed by atoms with van der Waals surface area (Å²) in [4.78, 5) is 13.3. The average Bonchev–Trinajstić information content (AvgIpc) is 2.64. The smallest absolute Gasteiger partial charge is 0.248 e. The average molecular weight is 245 g/mol. The lowest BCUT2D eigenvalue weighted by Gasteiger charge is -2.22. The SMILES string of the molecule is CCCC1=CC(=O)N(CCc2ccccc2)C1O. The molecule has 0 aliphatic carbocycles. The van der Waals surface area contributed by atoms with Gasteiger partial charge >= 0.3 is 0 Å². The van der Waals surface area contributed by atoms with Gasteiger partial charge in [0.05, 0.1) is 0 Å². The Balaban J connectivity index is 1.93. The van der Waals surface area contributed by atoms with E-state index in [1.807, 2.05) is 37.3 Å². The van der Waals surface area contributed by atoms with E-state index in [1.165, 1.54) is 10.5 Å². The number of rotatable bonds is 5. The van der Waals surface area contributed by atoms with Crippen LogP contribution >= 0.6 is 0 Å². The number of hydrogen-bond donors (Lipinski definition) is 1. The minimum absolute atomic E-state index is 0.0677. The highest BCUT2D eigenvalue weighted by Gasteiger charge is 2.29. The number of carbonyl (C=O) groups excluding carboxylic acids is 1. The van der Waals surface area contributed by atoms with Crippen LogP contribution in [0.4, 0.5) is 0 Å². The van der Waals surface area contributed by atoms with E-state index >= 15 is 0 Å². The summed E-state index contributed by atoms with van der Waals surface area (Å²) in [5.41, 5.74) is 2.03. The van der Waals surface area contributed by atoms with Crippen molar-refractivity contribution < 1.29 is 9.90 Å². The molecule has 0 saturated heterocycles. The van der Waals surface area contributed by atoms with Gasteiger partial charge in [-0.1, -0.05) is 43.7 Å². The largest absolute Gasteiger partial charge is 0.369 e. The summed E-state index contributed by atoms with van der Waals surface area (Å²) in [6.45, 7) is 2.61. The number of carbonyl (C=O) groups is 1. The van der Waals surface area contributed by atoms with Crippen LogP contribution in [0.5, 0.6) is 0 Å². The third-order valence-corrected chi connectivity index (χ3v) is 3.24. The number of hydrogen-bond acceptors (Lipinski definition) is 2. The Morgan fingerprint density at radius 2 is 1.94 bits per heavy atom. The molecule has 96 valence electrons. The van der Waals surface area contributed by atoms with Gasteiger partial charge in [-0.15, -0.1) is 0 Å². The number of aliphatic hydroxyl groups excluding tert-OH is 1. The zero-order valence-electron chi connectivity index (χ0n) is 10.7. The maximum absolute atomic E-state index is 11.8. The van der Waals surface area contributed by atoms with E-state index in [4.69, 9.17) is 0 Å². The Hall–Kier alpha value is -1.61. The lowest BCUT2D eigenvalue weighted by molar-refractivity contribution is -0.130. The molecule has 1 amide bonds. The molecule has 1 N–H and O–H groups in total. The van der Waals surface area contributed by atoms with Crippen LogP contribution in [0.2, 0.25) is 0 Å². The molecule has 1 atom stereocenters. The van der Waals surface area contributed by atoms with Gasteiger partial charge in [-0.3, -0.25) is 4.79 Å². The van der Waals surface area contributed by atoms with Gasteiger partial charge in [-0.05, 0) is 24.0 Å². The van der Waals surface area contributed by atoms with Gasteiger partial charge in [0, 0.05) is 12.6 Å². The molecular formula is C15H19NO2. The number of nitrogens with zero attached hydrogens (tertiary/aromatic N) is 1. The molecule has 2 rings (SSSR count). The Kier molecular flexibility index (Phi) is 4.15. The standard InChI is InChI=1S/C15H19NO2/c1-2-6-13-11-14(17)16(15(13)18)10-9-12-7-4-3-5-8-12/h3-5,7-8,11,15,18H,2,6,9-10H2,1H3. The second-order valence-corrected chi connectivity index (χ2v) is 4.61. The lowest BCUT2D eigenvalue weighted by atomic mass is 10.1. The Morgan fingerprint density at radius 1 is 1.22 bits per heavy atom. The molecule has 3 heteroatoms. The molecule has 18 heavy (non-hydrogen) atoms. The fourth-order valence-corrected chi connectivity index (χ4v) is 2.25. The van der Waals surface area contributed by atoms with E-state index < -0.39 is 6.23 Å². The van der Waals surface area contributed by atoms with Crippen LogP contribution < -0.4 is 0 Å². The van der Waals surface area contributed by atoms with Crippen molar-refractivity contribution in [3.63, 3.8) is 0 Å². The van der Waals surface area contributed by atoms with Crippen molar-refractivity contribution in [1.29, 1.82) is 0 Å². The van der Waals surface area contributed by atoms with Crippen LogP contribution in [-0.4, -0.2) is 28.7 Å². The van der Waals surface area contributed by atoms with Crippen LogP contribution in [-0.2, 0) is 11.2 Å². The molecule has 3 nitrogen and oxygen atoms in total. The van der Waals surface area contributed by atoms with Gasteiger partial charge in [-0.25, -0.2) is 0 Å². The third-order valence-electron chi connectivity index (χ3n) is 3.24. The summed E-state index contributed by atoms with van der Waals surface area (Å²) in [6.07, 6.45) is 3.37. The minimum Gasteiger partial charge on any atom is -0.369 e. The van der Waals surface area contributed by atoms with E-state index in [9.17, 15) is 9.90 Å². The van der Waals surface area contributed by atoms with Gasteiger partial charge in [-0.2, -0.15) is 0 Å². The van der Waals surface area contributed by atoms with Crippen molar-refractivity contribution in [2.24, 2.45) is 0 Å². The van der Waals surface area contributed by atoms with Gasteiger partial charge in [0.2, 0.25) is 5.91 Å². The minimum atomic E-state index is -0.721. The van der Waals surface area contributed by atoms with Crippen molar-refractivity contribution in [3.8, 4) is 0 Å². The summed E-state index contributed by atoms with van der Waals surface area (Å²) in [5, 5.41) is 10.1. The van der Waals surface area contributed by atoms with Crippen molar-refractivity contribution in [2.75, 3.05) is 6.54 Å². The number of benzene rings is 1. The van der Waals surface area contributed by atoms with Crippen LogP contribution in [0, 0.1) is 0 Å². The fraction of sp³-hybridized carbons (Fsp3) is 0.400. The quantitative estimate of drug-likeness (QED) is 0.863. The van der Waals surface area contributed by atoms with Crippen LogP contribution in [0.1, 0.15) is 25.3 Å². The summed E-state index contributed by atoms with van der Waals surface area (Å²) in [7, 11) is 0. The second kappa shape index (κ2) is 5.83. The zero-order chi connectivity index (χ0) is 13.0. The third kappa shape index (κ3) is 2.79. The summed E-state index contributed by atoms with van der Waals surface area (Å²) in [6, 6.07) is 10.0. The van der Waals surface area contributed by atoms with E-state index in [1.54, 1.807) is 6.08 Å². The molecule has 0 aromatic heterocycles. The van der Waals surface area contributed by atoms with E-state index in [-0.39, 0.29) is 5.91 Å². The summed E-state index contributed by atoms with van der Waals surface area (Å²) < 4.78 is 0. The predicted molar refractivity (Wildman–Crippen MR) is 70.9 cm³/mol. The van der Waals surface area contributed by atoms with Crippen molar-refractivity contribution in [3.05, 3.63) is 47.5 Å². The Bertz CT molecular complexity index is 439. The monoisotopic (exact) mass is 245 g/mol. The molecule has 1 aliphatic rings. The summed E-state index contributed by atoms with van der Waals surface area (Å²) >= 11 is 0. The highest BCUT2D eigenvalue weighted by molar-refractivity contribution is 5.91. The Morgan fingerprint density at radius 3 is 2.61 bits per heavy atom. The first kappa shape index (κ1) is 12.8. The molecule has 0 radical (unpaired) electrons. The van der Waals surface area contributed by atoms with Crippen molar-refractivity contribution in [1.82, 2.24) is 4.90 Å². The van der Waals surface area contributed by atoms with Crippen LogP contribution in [0.15, 0.2) is 42.0 Å². The maximum Gasteiger partial charge on any atom is 0.248 e. The Labute approximate surface area is 108 Å². The molecule has 0 saturated carbocycles. The van der Waals surface area contributed by atoms with Gasteiger partial charge in [0.15, 0.2) is 6.23 Å². The highest BCUT2D eigenvalue weighted by atomic mass is 16.3. The molecule has 1 aromatic rings. The first-order valence-corrected chi connectivity index (χ1v) is 6.45. The van der Waals surface area contributed by atoms with E-state index in [0.29, 0.717) is 6.54 Å². The highest BCUT2D eigenvalue weighted by Crippen LogP contribution is 2.21. The molecule has 1 heterocycles. The van der Waals surface area contributed by atoms with Gasteiger partial charge < -0.3 is 10.0 Å². The molecule has 1 aliphatic heterocycles. The van der Waals surface area contributed by atoms with E-state index in [2.05, 4.69) is 0 Å². The molecule has 0 fully saturated rings. The van der Waals surface area contributed by atoms with Crippen molar-refractivity contribution in [2.45, 2.75) is 32.4 Å². The predicted octanol–water partition coefficient (Wildman–Crippen LogP) is 2.12. The van der Waals surface area contributed by atoms with Crippen molar-refractivity contribution >= 4 is 5.91 Å². The maximum atomic E-state index is 11.8. The number of aliphatic hydroxyl groups is 1. The molecular weight excluding hydrogens is 226 g/mol. The first-order chi connectivity index (χ1) is 8.72. The normalized spacial score (nSPS) is 19.2. The van der Waals surface area contributed by atoms with Crippen LogP contribution in [0.25, 0.3) is 0 Å².